The van der Waals surface area contributed by atoms with Gasteiger partial charge in [0.1, 0.15) is 5.69 Å². The maximum absolute atomic E-state index is 12.9. The number of hydrogen-bond donors (Lipinski definition) is 1. The number of likely N-dealkylation sites (tertiary alicyclic amines) is 1. The van der Waals surface area contributed by atoms with E-state index in [1.165, 1.54) is 7.11 Å². The molecule has 1 fully saturated rings. The van der Waals surface area contributed by atoms with Crippen LogP contribution in [0.3, 0.4) is 0 Å². The van der Waals surface area contributed by atoms with Gasteiger partial charge in [-0.2, -0.15) is 0 Å². The summed E-state index contributed by atoms with van der Waals surface area (Å²) in [6.07, 6.45) is 1.28. The maximum atomic E-state index is 12.9. The molecule has 1 aliphatic rings. The topological polar surface area (TPSA) is 79.5 Å². The van der Waals surface area contributed by atoms with Crippen molar-refractivity contribution in [2.45, 2.75) is 26.7 Å². The Labute approximate surface area is 158 Å². The average molecular weight is 368 g/mol. The number of nitrogens with zero attached hydrogens (tertiary/aromatic N) is 1. The van der Waals surface area contributed by atoms with Crippen LogP contribution in [0.5, 0.6) is 0 Å². The quantitative estimate of drug-likeness (QED) is 0.664. The Morgan fingerprint density at radius 1 is 1.07 bits per heavy atom. The highest BCUT2D eigenvalue weighted by molar-refractivity contribution is 6.01. The van der Waals surface area contributed by atoms with Gasteiger partial charge in [0.25, 0.3) is 5.91 Å². The van der Waals surface area contributed by atoms with E-state index in [0.717, 1.165) is 5.56 Å². The molecular formula is C21H24N2O4. The first-order valence-electron chi connectivity index (χ1n) is 9.10. The van der Waals surface area contributed by atoms with Crippen LogP contribution in [0.2, 0.25) is 0 Å². The maximum Gasteiger partial charge on any atom is 0.339 e. The number of carbonyl (C=O) groups excluding carboxylic acids is 3. The lowest BCUT2D eigenvalue weighted by molar-refractivity contribution is 0.0599. The third-order valence-electron chi connectivity index (χ3n) is 5.25. The lowest BCUT2D eigenvalue weighted by Gasteiger charge is -2.31. The van der Waals surface area contributed by atoms with E-state index < -0.39 is 5.97 Å². The zero-order valence-corrected chi connectivity index (χ0v) is 15.9. The second-order valence-corrected chi connectivity index (χ2v) is 6.91. The third kappa shape index (κ3) is 3.65. The zero-order chi connectivity index (χ0) is 19.6. The molecule has 1 aromatic heterocycles. The van der Waals surface area contributed by atoms with E-state index in [0.29, 0.717) is 48.4 Å². The zero-order valence-electron chi connectivity index (χ0n) is 15.9. The Morgan fingerprint density at radius 2 is 1.70 bits per heavy atom. The highest BCUT2D eigenvalue weighted by Gasteiger charge is 2.31. The summed E-state index contributed by atoms with van der Waals surface area (Å²) in [5, 5.41) is 0. The number of benzene rings is 1. The summed E-state index contributed by atoms with van der Waals surface area (Å²) in [6, 6.07) is 9.28. The van der Waals surface area contributed by atoms with Crippen molar-refractivity contribution in [1.29, 1.82) is 0 Å². The highest BCUT2D eigenvalue weighted by atomic mass is 16.5. The largest absolute Gasteiger partial charge is 0.465 e. The molecule has 6 nitrogen and oxygen atoms in total. The molecule has 0 aliphatic carbocycles. The number of piperidine rings is 1. The Balaban J connectivity index is 1.69. The number of aromatic amines is 1. The van der Waals surface area contributed by atoms with E-state index in [-0.39, 0.29) is 17.6 Å². The fourth-order valence-corrected chi connectivity index (χ4v) is 3.71. The number of nitrogens with one attached hydrogen (secondary N) is 1. The van der Waals surface area contributed by atoms with Crippen molar-refractivity contribution in [3.05, 3.63) is 58.4 Å². The molecule has 1 aromatic carbocycles. The molecular weight excluding hydrogens is 344 g/mol. The average Bonchev–Trinajstić information content (AvgIpc) is 3.01. The van der Waals surface area contributed by atoms with Crippen LogP contribution in [0.1, 0.15) is 55.3 Å². The van der Waals surface area contributed by atoms with Crippen molar-refractivity contribution in [2.24, 2.45) is 5.92 Å². The summed E-state index contributed by atoms with van der Waals surface area (Å²) in [7, 11) is 1.32. The van der Waals surface area contributed by atoms with Gasteiger partial charge in [-0.15, -0.1) is 0 Å². The molecule has 6 heteroatoms. The van der Waals surface area contributed by atoms with E-state index in [2.05, 4.69) is 4.98 Å². The molecule has 0 saturated carbocycles. The number of aryl methyl sites for hydroxylation is 1. The normalized spacial score (nSPS) is 14.9. The molecule has 0 radical (unpaired) electrons. The molecule has 1 N–H and O–H groups in total. The second kappa shape index (κ2) is 7.78. The van der Waals surface area contributed by atoms with Crippen LogP contribution in [0.15, 0.2) is 30.3 Å². The second-order valence-electron chi connectivity index (χ2n) is 6.91. The molecule has 1 saturated heterocycles. The number of Topliss-reactive ketones (excluding diaryl/α,β-unsaturated/α-hetero) is 1. The van der Waals surface area contributed by atoms with Crippen LogP contribution in [0, 0.1) is 19.8 Å². The van der Waals surface area contributed by atoms with Gasteiger partial charge in [-0.3, -0.25) is 9.59 Å². The van der Waals surface area contributed by atoms with Gasteiger partial charge >= 0.3 is 5.97 Å². The number of rotatable bonds is 4. The summed E-state index contributed by atoms with van der Waals surface area (Å²) in [6.45, 7) is 4.54. The number of methoxy groups -OCH3 is 1. The van der Waals surface area contributed by atoms with E-state index >= 15 is 0 Å². The van der Waals surface area contributed by atoms with Crippen molar-refractivity contribution < 1.29 is 19.1 Å². The first-order valence-corrected chi connectivity index (χ1v) is 9.10. The summed E-state index contributed by atoms with van der Waals surface area (Å²) in [5.74, 6) is -0.514. The van der Waals surface area contributed by atoms with E-state index in [9.17, 15) is 14.4 Å². The fraction of sp³-hybridized carbons (Fsp3) is 0.381. The minimum atomic E-state index is -0.451. The van der Waals surface area contributed by atoms with Gasteiger partial charge in [-0.05, 0) is 32.3 Å². The molecule has 2 heterocycles. The minimum Gasteiger partial charge on any atom is -0.465 e. The van der Waals surface area contributed by atoms with Crippen LogP contribution in [-0.4, -0.2) is 47.7 Å². The van der Waals surface area contributed by atoms with Gasteiger partial charge < -0.3 is 14.6 Å². The number of carbonyl (C=O) groups is 3. The summed E-state index contributed by atoms with van der Waals surface area (Å²) >= 11 is 0. The third-order valence-corrected chi connectivity index (χ3v) is 5.25. The number of amides is 1. The Kier molecular flexibility index (Phi) is 5.44. The highest BCUT2D eigenvalue weighted by Crippen LogP contribution is 2.25. The van der Waals surface area contributed by atoms with Crippen LogP contribution >= 0.6 is 0 Å². The molecule has 0 bridgehead atoms. The first kappa shape index (κ1) is 18.9. The predicted molar refractivity (Wildman–Crippen MR) is 101 cm³/mol. The van der Waals surface area contributed by atoms with Gasteiger partial charge in [0.2, 0.25) is 0 Å². The molecule has 27 heavy (non-hydrogen) atoms. The molecule has 3 rings (SSSR count). The number of H-pyrrole nitrogens is 1. The molecule has 1 amide bonds. The summed E-state index contributed by atoms with van der Waals surface area (Å²) < 4.78 is 4.80. The minimum absolute atomic E-state index is 0.0615. The van der Waals surface area contributed by atoms with Crippen molar-refractivity contribution in [2.75, 3.05) is 20.2 Å². The molecule has 0 atom stereocenters. The Hall–Kier alpha value is -2.89. The molecule has 142 valence electrons. The van der Waals surface area contributed by atoms with Crippen molar-refractivity contribution in [3.63, 3.8) is 0 Å². The number of ether oxygens (including phenoxy) is 1. The van der Waals surface area contributed by atoms with Crippen molar-refractivity contribution >= 4 is 17.7 Å². The number of aromatic nitrogens is 1. The van der Waals surface area contributed by atoms with Crippen LogP contribution in [-0.2, 0) is 4.74 Å². The molecule has 1 aliphatic heterocycles. The molecule has 0 spiro atoms. The smallest absolute Gasteiger partial charge is 0.339 e. The van der Waals surface area contributed by atoms with Gasteiger partial charge in [0.15, 0.2) is 5.78 Å². The van der Waals surface area contributed by atoms with Gasteiger partial charge in [0, 0.05) is 30.3 Å². The summed E-state index contributed by atoms with van der Waals surface area (Å²) in [5.41, 5.74) is 2.78. The first-order chi connectivity index (χ1) is 12.9. The van der Waals surface area contributed by atoms with Crippen LogP contribution in [0.25, 0.3) is 0 Å². The Morgan fingerprint density at radius 3 is 2.30 bits per heavy atom. The summed E-state index contributed by atoms with van der Waals surface area (Å²) in [4.78, 5) is 42.2. The van der Waals surface area contributed by atoms with Crippen molar-refractivity contribution in [1.82, 2.24) is 9.88 Å². The van der Waals surface area contributed by atoms with Crippen LogP contribution < -0.4 is 0 Å². The van der Waals surface area contributed by atoms with Crippen molar-refractivity contribution in [3.8, 4) is 0 Å². The number of hydrogen-bond acceptors (Lipinski definition) is 4. The fourth-order valence-electron chi connectivity index (χ4n) is 3.71. The van der Waals surface area contributed by atoms with Gasteiger partial charge in [0.05, 0.1) is 12.7 Å². The molecule has 2 aromatic rings. The monoisotopic (exact) mass is 368 g/mol. The van der Waals surface area contributed by atoms with Gasteiger partial charge in [-0.1, -0.05) is 30.3 Å². The van der Waals surface area contributed by atoms with E-state index in [4.69, 9.17) is 4.74 Å². The van der Waals surface area contributed by atoms with Crippen LogP contribution in [0.4, 0.5) is 0 Å². The SMILES string of the molecule is COC(=O)c1c(C)[nH]c(C(=O)N2CCC(C(=O)c3ccccc3)CC2)c1C. The standard InChI is InChI=1S/C21H24N2O4/c1-13-17(21(26)27-3)14(2)22-18(13)20(25)23-11-9-16(10-12-23)19(24)15-7-5-4-6-8-15/h4-8,16,22H,9-12H2,1-3H3. The number of ketones is 1. The lowest BCUT2D eigenvalue weighted by Crippen LogP contribution is -2.40. The van der Waals surface area contributed by atoms with E-state index in [1.807, 2.05) is 30.3 Å². The lowest BCUT2D eigenvalue weighted by atomic mass is 9.89. The number of esters is 1. The van der Waals surface area contributed by atoms with E-state index in [1.54, 1.807) is 18.7 Å². The Bertz CT molecular complexity index is 862. The molecule has 0 unspecified atom stereocenters. The van der Waals surface area contributed by atoms with Gasteiger partial charge in [-0.25, -0.2) is 4.79 Å². The predicted octanol–water partition coefficient (Wildman–Crippen LogP) is 3.15.